The van der Waals surface area contributed by atoms with E-state index in [4.69, 9.17) is 5.11 Å². The molecule has 1 heterocycles. The zero-order valence-electron chi connectivity index (χ0n) is 12.7. The zero-order chi connectivity index (χ0) is 14.9. The van der Waals surface area contributed by atoms with E-state index in [2.05, 4.69) is 6.92 Å². The second-order valence-corrected chi connectivity index (χ2v) is 6.65. The lowest BCUT2D eigenvalue weighted by Crippen LogP contribution is -2.46. The summed E-state index contributed by atoms with van der Waals surface area (Å²) in [6.45, 7) is 5.06. The molecule has 4 atom stereocenters. The maximum atomic E-state index is 12.5. The molecule has 0 radical (unpaired) electrons. The van der Waals surface area contributed by atoms with Crippen LogP contribution in [0.15, 0.2) is 0 Å². The van der Waals surface area contributed by atoms with E-state index in [1.807, 2.05) is 18.9 Å². The summed E-state index contributed by atoms with van der Waals surface area (Å²) >= 11 is 0. The van der Waals surface area contributed by atoms with Crippen LogP contribution in [0.4, 0.5) is 4.79 Å². The van der Waals surface area contributed by atoms with E-state index in [1.165, 1.54) is 12.8 Å². The van der Waals surface area contributed by atoms with Crippen molar-refractivity contribution in [1.82, 2.24) is 9.80 Å². The van der Waals surface area contributed by atoms with Gasteiger partial charge in [-0.2, -0.15) is 0 Å². The molecule has 2 rings (SSSR count). The summed E-state index contributed by atoms with van der Waals surface area (Å²) in [5.41, 5.74) is 0. The third-order valence-corrected chi connectivity index (χ3v) is 4.96. The van der Waals surface area contributed by atoms with Crippen LogP contribution in [-0.2, 0) is 4.79 Å². The molecule has 1 saturated heterocycles. The van der Waals surface area contributed by atoms with Gasteiger partial charge in [-0.15, -0.1) is 0 Å². The Hall–Kier alpha value is -1.26. The van der Waals surface area contributed by atoms with Crippen LogP contribution in [0, 0.1) is 17.8 Å². The van der Waals surface area contributed by atoms with Gasteiger partial charge in [-0.3, -0.25) is 4.79 Å². The standard InChI is InChI=1S/C15H26N2O3/c1-10-5-4-6-12(7-10)16(3)15(20)17-8-11(2)13(9-17)14(18)19/h10-13H,4-9H2,1-3H3,(H,18,19). The highest BCUT2D eigenvalue weighted by Gasteiger charge is 2.39. The first-order chi connectivity index (χ1) is 9.40. The van der Waals surface area contributed by atoms with Gasteiger partial charge in [0.25, 0.3) is 0 Å². The van der Waals surface area contributed by atoms with Gasteiger partial charge in [0.2, 0.25) is 0 Å². The number of carboxylic acid groups (broad SMARTS) is 1. The van der Waals surface area contributed by atoms with Crippen molar-refractivity contribution in [3.8, 4) is 0 Å². The summed E-state index contributed by atoms with van der Waals surface area (Å²) < 4.78 is 0. The average molecular weight is 282 g/mol. The van der Waals surface area contributed by atoms with Gasteiger partial charge in [0.1, 0.15) is 0 Å². The highest BCUT2D eigenvalue weighted by molar-refractivity contribution is 5.77. The molecule has 2 aliphatic rings. The minimum atomic E-state index is -0.790. The molecule has 1 saturated carbocycles. The number of aliphatic carboxylic acids is 1. The number of amides is 2. The van der Waals surface area contributed by atoms with Crippen LogP contribution in [0.3, 0.4) is 0 Å². The fraction of sp³-hybridized carbons (Fsp3) is 0.867. The fourth-order valence-corrected chi connectivity index (χ4v) is 3.58. The number of nitrogens with zero attached hydrogens (tertiary/aromatic N) is 2. The SMILES string of the molecule is CC1CCCC(N(C)C(=O)N2CC(C)C(C(=O)O)C2)C1. The maximum absolute atomic E-state index is 12.5. The highest BCUT2D eigenvalue weighted by atomic mass is 16.4. The monoisotopic (exact) mass is 282 g/mol. The lowest BCUT2D eigenvalue weighted by atomic mass is 9.86. The molecule has 2 amide bonds. The third-order valence-electron chi connectivity index (χ3n) is 4.96. The van der Waals surface area contributed by atoms with Gasteiger partial charge in [0, 0.05) is 26.2 Å². The molecule has 0 aromatic heterocycles. The molecule has 0 aromatic carbocycles. The Morgan fingerprint density at radius 1 is 1.20 bits per heavy atom. The Balaban J connectivity index is 1.95. The summed E-state index contributed by atoms with van der Waals surface area (Å²) in [7, 11) is 1.86. The summed E-state index contributed by atoms with van der Waals surface area (Å²) in [4.78, 5) is 27.2. The van der Waals surface area contributed by atoms with Crippen LogP contribution in [0.1, 0.15) is 39.5 Å². The molecule has 0 bridgehead atoms. The molecule has 0 aromatic rings. The number of rotatable bonds is 2. The molecule has 5 nitrogen and oxygen atoms in total. The van der Waals surface area contributed by atoms with Gasteiger partial charge in [0.15, 0.2) is 0 Å². The van der Waals surface area contributed by atoms with E-state index < -0.39 is 11.9 Å². The summed E-state index contributed by atoms with van der Waals surface area (Å²) in [6, 6.07) is 0.310. The van der Waals surface area contributed by atoms with Gasteiger partial charge in [-0.25, -0.2) is 4.79 Å². The molecular formula is C15H26N2O3. The van der Waals surface area contributed by atoms with E-state index in [0.29, 0.717) is 25.0 Å². The van der Waals surface area contributed by atoms with E-state index in [1.54, 1.807) is 4.90 Å². The number of hydrogen-bond acceptors (Lipinski definition) is 2. The Bertz CT molecular complexity index is 385. The van der Waals surface area contributed by atoms with E-state index in [-0.39, 0.29) is 11.9 Å². The van der Waals surface area contributed by atoms with Crippen molar-refractivity contribution in [2.45, 2.75) is 45.6 Å². The van der Waals surface area contributed by atoms with Gasteiger partial charge < -0.3 is 14.9 Å². The van der Waals surface area contributed by atoms with Crippen molar-refractivity contribution in [2.75, 3.05) is 20.1 Å². The molecule has 1 N–H and O–H groups in total. The molecular weight excluding hydrogens is 256 g/mol. The topological polar surface area (TPSA) is 60.9 Å². The number of carboxylic acids is 1. The summed E-state index contributed by atoms with van der Waals surface area (Å²) in [5.74, 6) is -0.497. The maximum Gasteiger partial charge on any atom is 0.320 e. The minimum absolute atomic E-state index is 0.000278. The Labute approximate surface area is 120 Å². The van der Waals surface area contributed by atoms with Gasteiger partial charge in [-0.05, 0) is 24.7 Å². The number of carbonyl (C=O) groups is 2. The fourth-order valence-electron chi connectivity index (χ4n) is 3.58. The predicted octanol–water partition coefficient (Wildman–Crippen LogP) is 2.27. The number of hydrogen-bond donors (Lipinski definition) is 1. The number of likely N-dealkylation sites (tertiary alicyclic amines) is 1. The van der Waals surface area contributed by atoms with E-state index >= 15 is 0 Å². The second kappa shape index (κ2) is 6.02. The first-order valence-electron chi connectivity index (χ1n) is 7.64. The number of carbonyl (C=O) groups excluding carboxylic acids is 1. The molecule has 4 unspecified atom stereocenters. The van der Waals surface area contributed by atoms with Crippen molar-refractivity contribution in [1.29, 1.82) is 0 Å². The molecule has 114 valence electrons. The van der Waals surface area contributed by atoms with E-state index in [0.717, 1.165) is 12.8 Å². The molecule has 20 heavy (non-hydrogen) atoms. The zero-order valence-corrected chi connectivity index (χ0v) is 12.7. The normalized spacial score (nSPS) is 34.0. The Kier molecular flexibility index (Phi) is 4.55. The van der Waals surface area contributed by atoms with E-state index in [9.17, 15) is 9.59 Å². The van der Waals surface area contributed by atoms with Crippen LogP contribution in [-0.4, -0.2) is 53.1 Å². The van der Waals surface area contributed by atoms with Gasteiger partial charge in [0.05, 0.1) is 5.92 Å². The molecule has 5 heteroatoms. The molecule has 1 aliphatic heterocycles. The van der Waals surface area contributed by atoms with Crippen molar-refractivity contribution in [3.63, 3.8) is 0 Å². The lowest BCUT2D eigenvalue weighted by molar-refractivity contribution is -0.142. The van der Waals surface area contributed by atoms with Crippen LogP contribution in [0.5, 0.6) is 0 Å². The largest absolute Gasteiger partial charge is 0.481 e. The van der Waals surface area contributed by atoms with Crippen molar-refractivity contribution < 1.29 is 14.7 Å². The number of urea groups is 1. The predicted molar refractivity (Wildman–Crippen MR) is 76.4 cm³/mol. The minimum Gasteiger partial charge on any atom is -0.481 e. The third kappa shape index (κ3) is 3.07. The lowest BCUT2D eigenvalue weighted by Gasteiger charge is -2.36. The quantitative estimate of drug-likeness (QED) is 0.845. The van der Waals surface area contributed by atoms with Crippen LogP contribution < -0.4 is 0 Å². The van der Waals surface area contributed by atoms with Crippen molar-refractivity contribution >= 4 is 12.0 Å². The van der Waals surface area contributed by atoms with Crippen LogP contribution in [0.25, 0.3) is 0 Å². The average Bonchev–Trinajstić information content (AvgIpc) is 2.79. The van der Waals surface area contributed by atoms with Gasteiger partial charge in [-0.1, -0.05) is 26.7 Å². The van der Waals surface area contributed by atoms with Gasteiger partial charge >= 0.3 is 12.0 Å². The molecule has 2 fully saturated rings. The van der Waals surface area contributed by atoms with Crippen LogP contribution >= 0.6 is 0 Å². The molecule has 1 aliphatic carbocycles. The Morgan fingerprint density at radius 3 is 2.45 bits per heavy atom. The highest BCUT2D eigenvalue weighted by Crippen LogP contribution is 2.29. The Morgan fingerprint density at radius 2 is 1.90 bits per heavy atom. The van der Waals surface area contributed by atoms with Crippen molar-refractivity contribution in [2.24, 2.45) is 17.8 Å². The smallest absolute Gasteiger partial charge is 0.320 e. The first-order valence-corrected chi connectivity index (χ1v) is 7.64. The first kappa shape index (κ1) is 15.1. The second-order valence-electron chi connectivity index (χ2n) is 6.65. The molecule has 0 spiro atoms. The van der Waals surface area contributed by atoms with Crippen molar-refractivity contribution in [3.05, 3.63) is 0 Å². The summed E-state index contributed by atoms with van der Waals surface area (Å²) in [5, 5.41) is 9.15. The van der Waals surface area contributed by atoms with Crippen LogP contribution in [0.2, 0.25) is 0 Å². The summed E-state index contributed by atoms with van der Waals surface area (Å²) in [6.07, 6.45) is 4.56.